The summed E-state index contributed by atoms with van der Waals surface area (Å²) in [5.41, 5.74) is 9.77. The molecule has 0 spiro atoms. The van der Waals surface area contributed by atoms with E-state index < -0.39 is 0 Å². The van der Waals surface area contributed by atoms with Gasteiger partial charge in [0, 0.05) is 33.6 Å². The molecule has 0 bridgehead atoms. The summed E-state index contributed by atoms with van der Waals surface area (Å²) in [6.45, 7) is 0. The van der Waals surface area contributed by atoms with Crippen molar-refractivity contribution in [3.05, 3.63) is 188 Å². The first kappa shape index (κ1) is 28.4. The Labute approximate surface area is 290 Å². The van der Waals surface area contributed by atoms with E-state index in [1.165, 1.54) is 54.6 Å². The van der Waals surface area contributed by atoms with E-state index in [-0.39, 0.29) is 0 Å². The highest BCUT2D eigenvalue weighted by Gasteiger charge is 2.20. The fourth-order valence-corrected chi connectivity index (χ4v) is 7.65. The number of hydrogen-bond donors (Lipinski definition) is 0. The lowest BCUT2D eigenvalue weighted by Gasteiger charge is -2.27. The Morgan fingerprint density at radius 2 is 1.04 bits per heavy atom. The molecule has 0 fully saturated rings. The number of anilines is 3. The minimum atomic E-state index is 0.871. The van der Waals surface area contributed by atoms with Crippen molar-refractivity contribution < 1.29 is 4.42 Å². The van der Waals surface area contributed by atoms with Crippen molar-refractivity contribution in [2.45, 2.75) is 0 Å². The summed E-state index contributed by atoms with van der Waals surface area (Å²) >= 11 is 0. The molecule has 234 valence electrons. The van der Waals surface area contributed by atoms with Gasteiger partial charge >= 0.3 is 0 Å². The van der Waals surface area contributed by atoms with Crippen LogP contribution in [0.3, 0.4) is 0 Å². The Morgan fingerprint density at radius 1 is 0.340 bits per heavy atom. The molecule has 0 atom stereocenters. The SMILES string of the molecule is c1ccc(-c2cccc(N(c3ccc4c(c3)oc3ccc5ccccc5c34)c3cccc4c(-c5ccc6ccccc6c5)cccc34)c2)cc1. The van der Waals surface area contributed by atoms with Crippen LogP contribution in [0.25, 0.3) is 76.5 Å². The molecule has 0 radical (unpaired) electrons. The topological polar surface area (TPSA) is 16.4 Å². The second kappa shape index (κ2) is 11.5. The zero-order chi connectivity index (χ0) is 33.0. The number of benzene rings is 9. The lowest BCUT2D eigenvalue weighted by molar-refractivity contribution is 0.669. The van der Waals surface area contributed by atoms with Crippen LogP contribution >= 0.6 is 0 Å². The van der Waals surface area contributed by atoms with Crippen molar-refractivity contribution >= 4 is 71.3 Å². The van der Waals surface area contributed by atoms with Crippen LogP contribution in [0.2, 0.25) is 0 Å². The zero-order valence-electron chi connectivity index (χ0n) is 27.3. The van der Waals surface area contributed by atoms with E-state index in [2.05, 4.69) is 193 Å². The average molecular weight is 638 g/mol. The molecule has 0 N–H and O–H groups in total. The Bertz CT molecular complexity index is 2880. The quantitative estimate of drug-likeness (QED) is 0.187. The molecule has 9 aromatic carbocycles. The van der Waals surface area contributed by atoms with Gasteiger partial charge in [0.1, 0.15) is 11.2 Å². The van der Waals surface area contributed by atoms with Crippen LogP contribution in [0.1, 0.15) is 0 Å². The van der Waals surface area contributed by atoms with Gasteiger partial charge in [0.25, 0.3) is 0 Å². The molecular weight excluding hydrogens is 607 g/mol. The number of hydrogen-bond acceptors (Lipinski definition) is 2. The first-order valence-electron chi connectivity index (χ1n) is 17.1. The third kappa shape index (κ3) is 4.65. The van der Waals surface area contributed by atoms with Gasteiger partial charge in [-0.1, -0.05) is 140 Å². The van der Waals surface area contributed by atoms with Gasteiger partial charge in [-0.15, -0.1) is 0 Å². The smallest absolute Gasteiger partial charge is 0.137 e. The molecule has 0 aliphatic carbocycles. The highest BCUT2D eigenvalue weighted by Crippen LogP contribution is 2.44. The molecule has 2 nitrogen and oxygen atoms in total. The Balaban J connectivity index is 1.20. The van der Waals surface area contributed by atoms with E-state index in [1.807, 2.05) is 0 Å². The number of rotatable bonds is 5. The maximum Gasteiger partial charge on any atom is 0.137 e. The van der Waals surface area contributed by atoms with Crippen LogP contribution in [-0.4, -0.2) is 0 Å². The van der Waals surface area contributed by atoms with Crippen LogP contribution in [-0.2, 0) is 0 Å². The molecule has 0 unspecified atom stereocenters. The maximum absolute atomic E-state index is 6.59. The molecule has 2 heteroatoms. The van der Waals surface area contributed by atoms with Gasteiger partial charge in [-0.25, -0.2) is 0 Å². The summed E-state index contributed by atoms with van der Waals surface area (Å²) in [5, 5.41) is 9.57. The van der Waals surface area contributed by atoms with E-state index >= 15 is 0 Å². The van der Waals surface area contributed by atoms with Crippen molar-refractivity contribution in [3.63, 3.8) is 0 Å². The largest absolute Gasteiger partial charge is 0.456 e. The first-order chi connectivity index (χ1) is 24.8. The lowest BCUT2D eigenvalue weighted by Crippen LogP contribution is -2.10. The van der Waals surface area contributed by atoms with E-state index in [9.17, 15) is 0 Å². The monoisotopic (exact) mass is 637 g/mol. The summed E-state index contributed by atoms with van der Waals surface area (Å²) in [6.07, 6.45) is 0. The Kier molecular flexibility index (Phi) is 6.53. The molecule has 0 aliphatic heterocycles. The van der Waals surface area contributed by atoms with Crippen LogP contribution in [0.4, 0.5) is 17.1 Å². The van der Waals surface area contributed by atoms with E-state index in [4.69, 9.17) is 4.42 Å². The lowest BCUT2D eigenvalue weighted by atomic mass is 9.95. The Hall–Kier alpha value is -6.64. The molecule has 0 aliphatic rings. The van der Waals surface area contributed by atoms with Crippen LogP contribution < -0.4 is 4.90 Å². The second-order valence-corrected chi connectivity index (χ2v) is 12.9. The van der Waals surface area contributed by atoms with Crippen molar-refractivity contribution in [3.8, 4) is 22.3 Å². The minimum absolute atomic E-state index is 0.871. The highest BCUT2D eigenvalue weighted by atomic mass is 16.3. The first-order valence-corrected chi connectivity index (χ1v) is 17.1. The van der Waals surface area contributed by atoms with Gasteiger partial charge in [0.05, 0.1) is 5.69 Å². The minimum Gasteiger partial charge on any atom is -0.456 e. The van der Waals surface area contributed by atoms with Crippen LogP contribution in [0.5, 0.6) is 0 Å². The summed E-state index contributed by atoms with van der Waals surface area (Å²) in [6, 6.07) is 67.5. The molecule has 10 aromatic rings. The second-order valence-electron chi connectivity index (χ2n) is 12.9. The fourth-order valence-electron chi connectivity index (χ4n) is 7.65. The van der Waals surface area contributed by atoms with Crippen molar-refractivity contribution in [1.29, 1.82) is 0 Å². The summed E-state index contributed by atoms with van der Waals surface area (Å²) < 4.78 is 6.59. The standard InChI is InChI=1S/C48H31NO/c1-2-11-32(12-3-1)36-16-8-17-38(30-36)49(39-26-27-44-47(31-39)50-46-28-25-34-14-6-7-18-41(34)48(44)46)45-22-10-20-42-40(19-9-21-43(42)45)37-24-23-33-13-4-5-15-35(33)29-37/h1-31H. The summed E-state index contributed by atoms with van der Waals surface area (Å²) in [5.74, 6) is 0. The summed E-state index contributed by atoms with van der Waals surface area (Å²) in [7, 11) is 0. The van der Waals surface area contributed by atoms with E-state index in [0.717, 1.165) is 39.0 Å². The summed E-state index contributed by atoms with van der Waals surface area (Å²) in [4.78, 5) is 2.38. The van der Waals surface area contributed by atoms with Crippen molar-refractivity contribution in [2.75, 3.05) is 4.90 Å². The Morgan fingerprint density at radius 3 is 1.96 bits per heavy atom. The average Bonchev–Trinajstić information content (AvgIpc) is 3.57. The van der Waals surface area contributed by atoms with Gasteiger partial charge in [-0.3, -0.25) is 0 Å². The van der Waals surface area contributed by atoms with Gasteiger partial charge < -0.3 is 9.32 Å². The molecule has 1 heterocycles. The van der Waals surface area contributed by atoms with Gasteiger partial charge in [-0.05, 0) is 91.6 Å². The van der Waals surface area contributed by atoms with Crippen LogP contribution in [0, 0.1) is 0 Å². The molecule has 0 saturated carbocycles. The predicted octanol–water partition coefficient (Wildman–Crippen LogP) is 13.8. The van der Waals surface area contributed by atoms with Gasteiger partial charge in [-0.2, -0.15) is 0 Å². The molecule has 1 aromatic heterocycles. The van der Waals surface area contributed by atoms with Crippen molar-refractivity contribution in [1.82, 2.24) is 0 Å². The molecular formula is C48H31NO. The number of fused-ring (bicyclic) bond motifs is 7. The third-order valence-corrected chi connectivity index (χ3v) is 10.0. The molecule has 0 amide bonds. The molecule has 50 heavy (non-hydrogen) atoms. The highest BCUT2D eigenvalue weighted by molar-refractivity contribution is 6.19. The van der Waals surface area contributed by atoms with E-state index in [1.54, 1.807) is 0 Å². The third-order valence-electron chi connectivity index (χ3n) is 10.0. The fraction of sp³-hybridized carbons (Fsp3) is 0. The van der Waals surface area contributed by atoms with Gasteiger partial charge in [0.2, 0.25) is 0 Å². The molecule has 10 rings (SSSR count). The number of nitrogens with zero attached hydrogens (tertiary/aromatic N) is 1. The number of furan rings is 1. The van der Waals surface area contributed by atoms with Crippen LogP contribution in [0.15, 0.2) is 192 Å². The van der Waals surface area contributed by atoms with E-state index in [0.29, 0.717) is 0 Å². The predicted molar refractivity (Wildman–Crippen MR) is 212 cm³/mol. The molecule has 0 saturated heterocycles. The maximum atomic E-state index is 6.59. The normalized spacial score (nSPS) is 11.6. The zero-order valence-corrected chi connectivity index (χ0v) is 27.3. The van der Waals surface area contributed by atoms with Crippen molar-refractivity contribution in [2.24, 2.45) is 0 Å². The van der Waals surface area contributed by atoms with Gasteiger partial charge in [0.15, 0.2) is 0 Å².